The predicted octanol–water partition coefficient (Wildman–Crippen LogP) is 1.66. The number of rotatable bonds is 7. The fraction of sp³-hybridized carbons (Fsp3) is 0.625. The highest BCUT2D eigenvalue weighted by Gasteiger charge is 2.40. The highest BCUT2D eigenvalue weighted by atomic mass is 16.5. The molecule has 1 aliphatic rings. The van der Waals surface area contributed by atoms with Gasteiger partial charge < -0.3 is 14.2 Å². The molecule has 0 aromatic heterocycles. The van der Waals surface area contributed by atoms with Gasteiger partial charge in [0.1, 0.15) is 5.75 Å². The van der Waals surface area contributed by atoms with Crippen LogP contribution in [-0.2, 0) is 15.9 Å². The van der Waals surface area contributed by atoms with Crippen molar-refractivity contribution in [2.75, 3.05) is 26.9 Å². The van der Waals surface area contributed by atoms with E-state index in [9.17, 15) is 0 Å². The maximum atomic E-state index is 6.10. The van der Waals surface area contributed by atoms with Gasteiger partial charge in [-0.1, -0.05) is 12.1 Å². The van der Waals surface area contributed by atoms with Gasteiger partial charge >= 0.3 is 0 Å². The first-order valence-electron chi connectivity index (χ1n) is 7.55. The van der Waals surface area contributed by atoms with Crippen molar-refractivity contribution in [2.45, 2.75) is 37.8 Å². The highest BCUT2D eigenvalue weighted by Crippen LogP contribution is 2.31. The molecule has 0 amide bonds. The first-order valence-corrected chi connectivity index (χ1v) is 7.55. The van der Waals surface area contributed by atoms with Gasteiger partial charge in [0.05, 0.1) is 18.8 Å². The maximum absolute atomic E-state index is 6.10. The first kappa shape index (κ1) is 16.2. The van der Waals surface area contributed by atoms with E-state index >= 15 is 0 Å². The molecule has 0 aliphatic carbocycles. The van der Waals surface area contributed by atoms with Gasteiger partial charge in [0.25, 0.3) is 0 Å². The Morgan fingerprint density at radius 3 is 2.76 bits per heavy atom. The summed E-state index contributed by atoms with van der Waals surface area (Å²) in [7, 11) is 1.68. The molecule has 0 bridgehead atoms. The second-order valence-electron chi connectivity index (χ2n) is 5.39. The number of nitrogens with one attached hydrogen (secondary N) is 1. The second kappa shape index (κ2) is 7.75. The summed E-state index contributed by atoms with van der Waals surface area (Å²) < 4.78 is 16.9. The van der Waals surface area contributed by atoms with Gasteiger partial charge in [-0.3, -0.25) is 11.3 Å². The summed E-state index contributed by atoms with van der Waals surface area (Å²) in [5, 5.41) is 0. The number of benzene rings is 1. The summed E-state index contributed by atoms with van der Waals surface area (Å²) in [5.41, 5.74) is 3.89. The standard InChI is InChI=1S/C16H26N2O3/c1-3-21-16(7-9-20-10-8-16)15(18-17)12-13-5-4-6-14(11-13)19-2/h4-6,11,15,18H,3,7-10,12,17H2,1-2H3. The van der Waals surface area contributed by atoms with Crippen LogP contribution < -0.4 is 16.0 Å². The zero-order valence-electron chi connectivity index (χ0n) is 12.9. The number of methoxy groups -OCH3 is 1. The van der Waals surface area contributed by atoms with E-state index < -0.39 is 0 Å². The number of hydrazine groups is 1. The SMILES string of the molecule is CCOC1(C(Cc2cccc(OC)c2)NN)CCOCC1. The molecule has 1 heterocycles. The molecular weight excluding hydrogens is 268 g/mol. The van der Waals surface area contributed by atoms with Crippen LogP contribution in [0.2, 0.25) is 0 Å². The Balaban J connectivity index is 2.15. The Morgan fingerprint density at radius 1 is 1.38 bits per heavy atom. The first-order chi connectivity index (χ1) is 10.2. The van der Waals surface area contributed by atoms with Gasteiger partial charge in [-0.05, 0) is 31.0 Å². The predicted molar refractivity (Wildman–Crippen MR) is 82.2 cm³/mol. The molecule has 1 aromatic carbocycles. The van der Waals surface area contributed by atoms with Crippen LogP contribution in [0.15, 0.2) is 24.3 Å². The molecule has 0 radical (unpaired) electrons. The van der Waals surface area contributed by atoms with Crippen molar-refractivity contribution in [3.63, 3.8) is 0 Å². The van der Waals surface area contributed by atoms with Gasteiger partial charge in [-0.25, -0.2) is 0 Å². The number of hydrogen-bond acceptors (Lipinski definition) is 5. The van der Waals surface area contributed by atoms with Crippen molar-refractivity contribution in [3.05, 3.63) is 29.8 Å². The van der Waals surface area contributed by atoms with E-state index in [1.807, 2.05) is 25.1 Å². The second-order valence-corrected chi connectivity index (χ2v) is 5.39. The molecule has 0 saturated carbocycles. The molecule has 118 valence electrons. The average Bonchev–Trinajstić information content (AvgIpc) is 2.54. The largest absolute Gasteiger partial charge is 0.497 e. The number of ether oxygens (including phenoxy) is 3. The summed E-state index contributed by atoms with van der Waals surface area (Å²) in [6.45, 7) is 4.14. The quantitative estimate of drug-likeness (QED) is 0.591. The minimum Gasteiger partial charge on any atom is -0.497 e. The van der Waals surface area contributed by atoms with Crippen LogP contribution in [0.1, 0.15) is 25.3 Å². The zero-order chi connectivity index (χ0) is 15.1. The molecule has 1 aromatic rings. The molecule has 1 unspecified atom stereocenters. The van der Waals surface area contributed by atoms with E-state index in [-0.39, 0.29) is 11.6 Å². The third-order valence-electron chi connectivity index (χ3n) is 4.18. The zero-order valence-corrected chi connectivity index (χ0v) is 12.9. The van der Waals surface area contributed by atoms with Crippen LogP contribution in [0.25, 0.3) is 0 Å². The number of nitrogens with two attached hydrogens (primary N) is 1. The van der Waals surface area contributed by atoms with Crippen molar-refractivity contribution < 1.29 is 14.2 Å². The molecule has 1 fully saturated rings. The van der Waals surface area contributed by atoms with Crippen LogP contribution in [0, 0.1) is 0 Å². The van der Waals surface area contributed by atoms with Gasteiger partial charge in [0.2, 0.25) is 0 Å². The monoisotopic (exact) mass is 294 g/mol. The lowest BCUT2D eigenvalue weighted by Gasteiger charge is -2.43. The molecule has 2 rings (SSSR count). The summed E-state index contributed by atoms with van der Waals surface area (Å²) in [4.78, 5) is 0. The van der Waals surface area contributed by atoms with Crippen LogP contribution in [-0.4, -0.2) is 38.6 Å². The van der Waals surface area contributed by atoms with Crippen LogP contribution in [0.3, 0.4) is 0 Å². The van der Waals surface area contributed by atoms with E-state index in [0.717, 1.165) is 38.2 Å². The minimum absolute atomic E-state index is 0.0495. The van der Waals surface area contributed by atoms with E-state index in [4.69, 9.17) is 20.1 Å². The molecule has 1 aliphatic heterocycles. The summed E-state index contributed by atoms with van der Waals surface area (Å²) in [6, 6.07) is 8.13. The molecule has 3 N–H and O–H groups in total. The van der Waals surface area contributed by atoms with E-state index in [2.05, 4.69) is 11.5 Å². The summed E-state index contributed by atoms with van der Waals surface area (Å²) >= 11 is 0. The Morgan fingerprint density at radius 2 is 2.14 bits per heavy atom. The fourth-order valence-corrected chi connectivity index (χ4v) is 3.03. The molecule has 1 atom stereocenters. The van der Waals surface area contributed by atoms with Crippen LogP contribution in [0.4, 0.5) is 0 Å². The Kier molecular flexibility index (Phi) is 5.99. The topological polar surface area (TPSA) is 65.7 Å². The molecular formula is C16H26N2O3. The number of hydrogen-bond donors (Lipinski definition) is 2. The fourth-order valence-electron chi connectivity index (χ4n) is 3.03. The van der Waals surface area contributed by atoms with Crippen molar-refractivity contribution in [2.24, 2.45) is 5.84 Å². The average molecular weight is 294 g/mol. The summed E-state index contributed by atoms with van der Waals surface area (Å²) in [6.07, 6.45) is 2.52. The Labute approximate surface area is 126 Å². The van der Waals surface area contributed by atoms with Crippen molar-refractivity contribution in [1.29, 1.82) is 0 Å². The maximum Gasteiger partial charge on any atom is 0.119 e. The molecule has 0 spiro atoms. The van der Waals surface area contributed by atoms with Crippen LogP contribution >= 0.6 is 0 Å². The Hall–Kier alpha value is -1.14. The lowest BCUT2D eigenvalue weighted by molar-refractivity contribution is -0.126. The van der Waals surface area contributed by atoms with Gasteiger partial charge in [-0.2, -0.15) is 0 Å². The third kappa shape index (κ3) is 3.95. The lowest BCUT2D eigenvalue weighted by atomic mass is 9.83. The smallest absolute Gasteiger partial charge is 0.119 e. The van der Waals surface area contributed by atoms with E-state index in [0.29, 0.717) is 6.61 Å². The van der Waals surface area contributed by atoms with E-state index in [1.165, 1.54) is 5.56 Å². The van der Waals surface area contributed by atoms with Gasteiger partial charge in [0, 0.05) is 32.7 Å². The van der Waals surface area contributed by atoms with Gasteiger partial charge in [0.15, 0.2) is 0 Å². The van der Waals surface area contributed by atoms with Crippen LogP contribution in [0.5, 0.6) is 5.75 Å². The minimum atomic E-state index is -0.259. The lowest BCUT2D eigenvalue weighted by Crippen LogP contribution is -2.58. The molecule has 5 nitrogen and oxygen atoms in total. The van der Waals surface area contributed by atoms with Crippen molar-refractivity contribution in [1.82, 2.24) is 5.43 Å². The molecule has 21 heavy (non-hydrogen) atoms. The summed E-state index contributed by atoms with van der Waals surface area (Å²) in [5.74, 6) is 6.70. The van der Waals surface area contributed by atoms with Gasteiger partial charge in [-0.15, -0.1) is 0 Å². The van der Waals surface area contributed by atoms with Crippen molar-refractivity contribution >= 4 is 0 Å². The Bertz CT molecular complexity index is 428. The third-order valence-corrected chi connectivity index (χ3v) is 4.18. The highest BCUT2D eigenvalue weighted by molar-refractivity contribution is 5.29. The molecule has 5 heteroatoms. The molecule has 1 saturated heterocycles. The van der Waals surface area contributed by atoms with Crippen molar-refractivity contribution in [3.8, 4) is 5.75 Å². The van der Waals surface area contributed by atoms with E-state index in [1.54, 1.807) is 7.11 Å². The normalized spacial score (nSPS) is 19.2.